The normalized spacial score (nSPS) is 23.2. The van der Waals surface area contributed by atoms with Crippen LogP contribution in [0.1, 0.15) is 25.7 Å². The van der Waals surface area contributed by atoms with Gasteiger partial charge in [0, 0.05) is 6.07 Å². The third-order valence-electron chi connectivity index (χ3n) is 4.67. The molecule has 2 fully saturated rings. The van der Waals surface area contributed by atoms with Crippen LogP contribution in [0.3, 0.4) is 0 Å². The Kier molecular flexibility index (Phi) is 4.51. The number of benzene rings is 1. The van der Waals surface area contributed by atoms with Gasteiger partial charge >= 0.3 is 0 Å². The quantitative estimate of drug-likeness (QED) is 0.854. The molecule has 1 N–H and O–H groups in total. The summed E-state index contributed by atoms with van der Waals surface area (Å²) in [5.41, 5.74) is 0.292. The third kappa shape index (κ3) is 2.98. The Balaban J connectivity index is 1.69. The summed E-state index contributed by atoms with van der Waals surface area (Å²) in [5.74, 6) is -1.90. The summed E-state index contributed by atoms with van der Waals surface area (Å²) in [6.07, 6.45) is 3.29. The van der Waals surface area contributed by atoms with E-state index in [4.69, 9.17) is 4.74 Å². The molecular formula is C17H19FN2O4. The summed E-state index contributed by atoms with van der Waals surface area (Å²) in [5, 5.41) is 2.56. The molecule has 1 heterocycles. The monoisotopic (exact) mass is 334 g/mol. The number of rotatable bonds is 4. The summed E-state index contributed by atoms with van der Waals surface area (Å²) in [4.78, 5) is 38.0. The Morgan fingerprint density at radius 1 is 1.25 bits per heavy atom. The Morgan fingerprint density at radius 3 is 2.46 bits per heavy atom. The number of carbonyl (C=O) groups is 3. The first kappa shape index (κ1) is 16.4. The smallest absolute Gasteiger partial charge is 0.244 e. The van der Waals surface area contributed by atoms with Crippen molar-refractivity contribution in [1.29, 1.82) is 0 Å². The zero-order valence-corrected chi connectivity index (χ0v) is 13.4. The molecule has 3 rings (SSSR count). The van der Waals surface area contributed by atoms with Crippen LogP contribution >= 0.6 is 0 Å². The van der Waals surface area contributed by atoms with Crippen molar-refractivity contribution in [3.63, 3.8) is 0 Å². The number of nitrogens with zero attached hydrogens (tertiary/aromatic N) is 1. The van der Waals surface area contributed by atoms with Crippen molar-refractivity contribution in [2.24, 2.45) is 11.8 Å². The zero-order chi connectivity index (χ0) is 17.3. The SMILES string of the molecule is COc1cc(F)ccc1NC(=O)CN1C(=O)[C@H]2CCCC[C@@H]2C1=O. The highest BCUT2D eigenvalue weighted by Gasteiger charge is 2.48. The third-order valence-corrected chi connectivity index (χ3v) is 4.67. The number of hydrogen-bond acceptors (Lipinski definition) is 4. The Labute approximate surface area is 139 Å². The van der Waals surface area contributed by atoms with Gasteiger partial charge in [-0.25, -0.2) is 4.39 Å². The molecular weight excluding hydrogens is 315 g/mol. The average molecular weight is 334 g/mol. The number of carbonyl (C=O) groups excluding carboxylic acids is 3. The van der Waals surface area contributed by atoms with Crippen molar-refractivity contribution in [1.82, 2.24) is 4.90 Å². The van der Waals surface area contributed by atoms with Crippen LogP contribution in [-0.4, -0.2) is 36.3 Å². The molecule has 1 aromatic carbocycles. The molecule has 1 saturated heterocycles. The standard InChI is InChI=1S/C17H19FN2O4/c1-24-14-8-10(18)6-7-13(14)19-15(21)9-20-16(22)11-4-2-3-5-12(11)17(20)23/h6-8,11-12H,2-5,9H2,1H3,(H,19,21)/t11-,12-/m0/s1. The lowest BCUT2D eigenvalue weighted by Crippen LogP contribution is -2.38. The van der Waals surface area contributed by atoms with Gasteiger partial charge in [0.1, 0.15) is 18.1 Å². The zero-order valence-electron chi connectivity index (χ0n) is 13.4. The molecule has 0 spiro atoms. The van der Waals surface area contributed by atoms with E-state index in [0.717, 1.165) is 23.8 Å². The van der Waals surface area contributed by atoms with E-state index in [0.29, 0.717) is 18.5 Å². The minimum atomic E-state index is -0.514. The first-order valence-corrected chi connectivity index (χ1v) is 8.00. The number of amides is 3. The Bertz CT molecular complexity index is 667. The van der Waals surface area contributed by atoms with Crippen LogP contribution in [0.15, 0.2) is 18.2 Å². The van der Waals surface area contributed by atoms with Gasteiger partial charge in [0.2, 0.25) is 17.7 Å². The van der Waals surface area contributed by atoms with Crippen LogP contribution in [0, 0.1) is 17.7 Å². The van der Waals surface area contributed by atoms with E-state index in [1.54, 1.807) is 0 Å². The van der Waals surface area contributed by atoms with Crippen molar-refractivity contribution < 1.29 is 23.5 Å². The largest absolute Gasteiger partial charge is 0.494 e. The number of nitrogens with one attached hydrogen (secondary N) is 1. The van der Waals surface area contributed by atoms with Crippen molar-refractivity contribution in [3.8, 4) is 5.75 Å². The van der Waals surface area contributed by atoms with Gasteiger partial charge in [0.15, 0.2) is 0 Å². The average Bonchev–Trinajstić information content (AvgIpc) is 2.82. The fourth-order valence-electron chi connectivity index (χ4n) is 3.49. The second-order valence-corrected chi connectivity index (χ2v) is 6.15. The van der Waals surface area contributed by atoms with Gasteiger partial charge in [-0.15, -0.1) is 0 Å². The molecule has 2 atom stereocenters. The highest BCUT2D eigenvalue weighted by Crippen LogP contribution is 2.37. The van der Waals surface area contributed by atoms with E-state index < -0.39 is 11.7 Å². The molecule has 0 radical (unpaired) electrons. The molecule has 2 aliphatic rings. The van der Waals surface area contributed by atoms with Crippen LogP contribution in [0.25, 0.3) is 0 Å². The van der Waals surface area contributed by atoms with Crippen LogP contribution in [0.2, 0.25) is 0 Å². The lowest BCUT2D eigenvalue weighted by Gasteiger charge is -2.19. The molecule has 1 saturated carbocycles. The highest BCUT2D eigenvalue weighted by atomic mass is 19.1. The van der Waals surface area contributed by atoms with Crippen molar-refractivity contribution in [2.75, 3.05) is 19.0 Å². The minimum absolute atomic E-state index is 0.177. The maximum absolute atomic E-state index is 13.2. The predicted molar refractivity (Wildman–Crippen MR) is 83.7 cm³/mol. The van der Waals surface area contributed by atoms with E-state index in [1.165, 1.54) is 19.2 Å². The number of ether oxygens (including phenoxy) is 1. The van der Waals surface area contributed by atoms with Crippen molar-refractivity contribution in [3.05, 3.63) is 24.0 Å². The van der Waals surface area contributed by atoms with Gasteiger partial charge < -0.3 is 10.1 Å². The summed E-state index contributed by atoms with van der Waals surface area (Å²) in [6, 6.07) is 3.72. The number of likely N-dealkylation sites (tertiary alicyclic amines) is 1. The predicted octanol–water partition coefficient (Wildman–Crippen LogP) is 1.95. The molecule has 0 aromatic heterocycles. The summed E-state index contributed by atoms with van der Waals surface area (Å²) < 4.78 is 18.2. The van der Waals surface area contributed by atoms with Crippen LogP contribution < -0.4 is 10.1 Å². The number of anilines is 1. The van der Waals surface area contributed by atoms with E-state index in [1.807, 2.05) is 0 Å². The minimum Gasteiger partial charge on any atom is -0.494 e. The molecule has 24 heavy (non-hydrogen) atoms. The second kappa shape index (κ2) is 6.59. The number of halogens is 1. The molecule has 0 bridgehead atoms. The van der Waals surface area contributed by atoms with Gasteiger partial charge in [0.25, 0.3) is 0 Å². The van der Waals surface area contributed by atoms with E-state index >= 15 is 0 Å². The van der Waals surface area contributed by atoms with Crippen molar-refractivity contribution >= 4 is 23.4 Å². The van der Waals surface area contributed by atoms with Crippen LogP contribution in [0.5, 0.6) is 5.75 Å². The lowest BCUT2D eigenvalue weighted by molar-refractivity contribution is -0.142. The number of fused-ring (bicyclic) bond motifs is 1. The van der Waals surface area contributed by atoms with E-state index in [2.05, 4.69) is 5.32 Å². The van der Waals surface area contributed by atoms with Crippen LogP contribution in [0.4, 0.5) is 10.1 Å². The highest BCUT2D eigenvalue weighted by molar-refractivity contribution is 6.08. The van der Waals surface area contributed by atoms with Gasteiger partial charge in [-0.3, -0.25) is 19.3 Å². The van der Waals surface area contributed by atoms with E-state index in [9.17, 15) is 18.8 Å². The Morgan fingerprint density at radius 2 is 1.88 bits per heavy atom. The first-order valence-electron chi connectivity index (χ1n) is 8.00. The second-order valence-electron chi connectivity index (χ2n) is 6.15. The fraction of sp³-hybridized carbons (Fsp3) is 0.471. The molecule has 1 aliphatic carbocycles. The van der Waals surface area contributed by atoms with Crippen LogP contribution in [-0.2, 0) is 14.4 Å². The molecule has 0 unspecified atom stereocenters. The Hall–Kier alpha value is -2.44. The molecule has 128 valence electrons. The fourth-order valence-corrected chi connectivity index (χ4v) is 3.49. The van der Waals surface area contributed by atoms with Crippen molar-refractivity contribution in [2.45, 2.75) is 25.7 Å². The molecule has 1 aromatic rings. The summed E-state index contributed by atoms with van der Waals surface area (Å²) in [7, 11) is 1.36. The molecule has 7 heteroatoms. The lowest BCUT2D eigenvalue weighted by atomic mass is 9.81. The molecule has 1 aliphatic heterocycles. The van der Waals surface area contributed by atoms with Gasteiger partial charge in [-0.05, 0) is 25.0 Å². The molecule has 6 nitrogen and oxygen atoms in total. The number of hydrogen-bond donors (Lipinski definition) is 1. The molecule has 3 amide bonds. The number of methoxy groups -OCH3 is 1. The van der Waals surface area contributed by atoms with E-state index in [-0.39, 0.29) is 35.9 Å². The maximum atomic E-state index is 13.2. The summed E-state index contributed by atoms with van der Waals surface area (Å²) >= 11 is 0. The summed E-state index contributed by atoms with van der Waals surface area (Å²) in [6.45, 7) is -0.328. The first-order chi connectivity index (χ1) is 11.5. The van der Waals surface area contributed by atoms with Gasteiger partial charge in [-0.2, -0.15) is 0 Å². The number of imide groups is 1. The van der Waals surface area contributed by atoms with Gasteiger partial charge in [-0.1, -0.05) is 12.8 Å². The maximum Gasteiger partial charge on any atom is 0.244 e. The van der Waals surface area contributed by atoms with Gasteiger partial charge in [0.05, 0.1) is 24.6 Å². The topological polar surface area (TPSA) is 75.7 Å².